The summed E-state index contributed by atoms with van der Waals surface area (Å²) >= 11 is 6.39. The van der Waals surface area contributed by atoms with E-state index in [9.17, 15) is 4.79 Å². The fourth-order valence-electron chi connectivity index (χ4n) is 4.25. The quantitative estimate of drug-likeness (QED) is 0.352. The molecule has 0 saturated heterocycles. The molecule has 0 N–H and O–H groups in total. The van der Waals surface area contributed by atoms with Crippen molar-refractivity contribution in [3.05, 3.63) is 99.6 Å². The van der Waals surface area contributed by atoms with E-state index in [-0.39, 0.29) is 5.97 Å². The first-order valence-corrected chi connectivity index (χ1v) is 11.4. The summed E-state index contributed by atoms with van der Waals surface area (Å²) < 4.78 is 11.5. The van der Waals surface area contributed by atoms with Gasteiger partial charge in [-0.2, -0.15) is 0 Å². The van der Waals surface area contributed by atoms with Gasteiger partial charge in [-0.3, -0.25) is 0 Å². The normalized spacial score (nSPS) is 13.3. The first-order chi connectivity index (χ1) is 15.5. The van der Waals surface area contributed by atoms with Gasteiger partial charge in [0.25, 0.3) is 0 Å². The van der Waals surface area contributed by atoms with E-state index in [2.05, 4.69) is 18.2 Å². The number of rotatable bonds is 7. The van der Waals surface area contributed by atoms with Gasteiger partial charge in [0.15, 0.2) is 0 Å². The molecule has 0 bridgehead atoms. The molecule has 164 valence electrons. The number of carbonyl (C=O) groups excluding carboxylic acids is 1. The summed E-state index contributed by atoms with van der Waals surface area (Å²) in [6.45, 7) is 4.69. The van der Waals surface area contributed by atoms with E-state index in [1.54, 1.807) is 0 Å². The Morgan fingerprint density at radius 1 is 0.969 bits per heavy atom. The van der Waals surface area contributed by atoms with Crippen LogP contribution in [0.25, 0.3) is 11.1 Å². The minimum absolute atomic E-state index is 0.285. The summed E-state index contributed by atoms with van der Waals surface area (Å²) in [5, 5.41) is 0.683. The van der Waals surface area contributed by atoms with Crippen LogP contribution < -0.4 is 4.74 Å². The lowest BCUT2D eigenvalue weighted by Gasteiger charge is -2.16. The third-order valence-electron chi connectivity index (χ3n) is 5.66. The smallest absolute Gasteiger partial charge is 0.338 e. The van der Waals surface area contributed by atoms with Crippen LogP contribution in [0, 0.1) is 6.92 Å². The molecule has 0 saturated carbocycles. The van der Waals surface area contributed by atoms with Crippen LogP contribution in [0.3, 0.4) is 0 Å². The van der Waals surface area contributed by atoms with Crippen LogP contribution in [0.1, 0.15) is 58.8 Å². The summed E-state index contributed by atoms with van der Waals surface area (Å²) in [5.41, 5.74) is 7.31. The fourth-order valence-corrected chi connectivity index (χ4v) is 4.42. The zero-order chi connectivity index (χ0) is 22.5. The number of carbonyl (C=O) groups is 1. The molecule has 4 heteroatoms. The van der Waals surface area contributed by atoms with Crippen molar-refractivity contribution >= 4 is 28.7 Å². The van der Waals surface area contributed by atoms with Gasteiger partial charge >= 0.3 is 5.97 Å². The zero-order valence-electron chi connectivity index (χ0n) is 18.5. The second-order valence-electron chi connectivity index (χ2n) is 8.03. The number of halogens is 1. The predicted molar refractivity (Wildman–Crippen MR) is 130 cm³/mol. The van der Waals surface area contributed by atoms with E-state index in [0.717, 1.165) is 47.3 Å². The van der Waals surface area contributed by atoms with Gasteiger partial charge in [0.05, 0.1) is 12.2 Å². The highest BCUT2D eigenvalue weighted by molar-refractivity contribution is 6.30. The van der Waals surface area contributed by atoms with Crippen LogP contribution in [-0.2, 0) is 11.3 Å². The average Bonchev–Trinajstić information content (AvgIpc) is 3.28. The fraction of sp³-hybridized carbons (Fsp3) is 0.250. The van der Waals surface area contributed by atoms with Crippen molar-refractivity contribution in [2.45, 2.75) is 39.7 Å². The van der Waals surface area contributed by atoms with Gasteiger partial charge in [0.2, 0.25) is 0 Å². The van der Waals surface area contributed by atoms with Crippen molar-refractivity contribution in [2.75, 3.05) is 6.61 Å². The number of allylic oxidation sites excluding steroid dienone is 2. The molecule has 0 aliphatic heterocycles. The molecule has 0 spiro atoms. The lowest BCUT2D eigenvalue weighted by Crippen LogP contribution is -2.05. The molecular formula is C28H27ClO3. The van der Waals surface area contributed by atoms with Crippen molar-refractivity contribution in [1.82, 2.24) is 0 Å². The molecule has 0 fully saturated rings. The maximum absolute atomic E-state index is 12.4. The molecule has 3 aromatic carbocycles. The number of aryl methyl sites for hydroxylation is 1. The van der Waals surface area contributed by atoms with Crippen LogP contribution in [0.2, 0.25) is 5.02 Å². The molecular weight excluding hydrogens is 420 g/mol. The molecule has 4 rings (SSSR count). The second kappa shape index (κ2) is 10.1. The van der Waals surface area contributed by atoms with Crippen molar-refractivity contribution < 1.29 is 14.3 Å². The van der Waals surface area contributed by atoms with Crippen molar-refractivity contribution in [1.29, 1.82) is 0 Å². The molecule has 1 aliphatic carbocycles. The summed E-state index contributed by atoms with van der Waals surface area (Å²) in [4.78, 5) is 12.4. The van der Waals surface area contributed by atoms with Gasteiger partial charge in [-0.05, 0) is 91.3 Å². The summed E-state index contributed by atoms with van der Waals surface area (Å²) in [6, 6.07) is 21.9. The van der Waals surface area contributed by atoms with Gasteiger partial charge in [0, 0.05) is 10.6 Å². The number of hydrogen-bond donors (Lipinski definition) is 0. The zero-order valence-corrected chi connectivity index (χ0v) is 19.2. The molecule has 3 nitrogen and oxygen atoms in total. The first-order valence-electron chi connectivity index (χ1n) is 11.0. The van der Waals surface area contributed by atoms with Crippen LogP contribution in [0.4, 0.5) is 0 Å². The Bertz CT molecular complexity index is 1150. The topological polar surface area (TPSA) is 35.5 Å². The molecule has 1 aliphatic rings. The van der Waals surface area contributed by atoms with Gasteiger partial charge in [-0.25, -0.2) is 4.79 Å². The Morgan fingerprint density at radius 2 is 1.75 bits per heavy atom. The molecule has 0 atom stereocenters. The predicted octanol–water partition coefficient (Wildman–Crippen LogP) is 7.50. The van der Waals surface area contributed by atoms with Crippen molar-refractivity contribution in [2.24, 2.45) is 0 Å². The Balaban J connectivity index is 1.73. The van der Waals surface area contributed by atoms with Crippen molar-refractivity contribution in [3.8, 4) is 5.75 Å². The van der Waals surface area contributed by atoms with Gasteiger partial charge in [-0.1, -0.05) is 48.0 Å². The average molecular weight is 447 g/mol. The summed E-state index contributed by atoms with van der Waals surface area (Å²) in [5.74, 6) is 0.540. The van der Waals surface area contributed by atoms with E-state index in [0.29, 0.717) is 23.8 Å². The van der Waals surface area contributed by atoms with E-state index in [1.165, 1.54) is 11.1 Å². The molecule has 3 aromatic rings. The Labute approximate surface area is 194 Å². The van der Waals surface area contributed by atoms with Crippen LogP contribution in [0.15, 0.2) is 66.7 Å². The van der Waals surface area contributed by atoms with Gasteiger partial charge < -0.3 is 9.47 Å². The lowest BCUT2D eigenvalue weighted by atomic mass is 9.94. The Hall–Kier alpha value is -3.04. The molecule has 0 radical (unpaired) electrons. The monoisotopic (exact) mass is 446 g/mol. The van der Waals surface area contributed by atoms with Crippen molar-refractivity contribution in [3.63, 3.8) is 0 Å². The highest BCUT2D eigenvalue weighted by atomic mass is 35.5. The van der Waals surface area contributed by atoms with E-state index in [4.69, 9.17) is 21.1 Å². The van der Waals surface area contributed by atoms with Gasteiger partial charge in [0.1, 0.15) is 12.4 Å². The molecule has 0 unspecified atom stereocenters. The minimum atomic E-state index is -0.285. The first kappa shape index (κ1) is 22.2. The minimum Gasteiger partial charge on any atom is -0.488 e. The highest BCUT2D eigenvalue weighted by Crippen LogP contribution is 2.44. The standard InChI is InChI=1S/C28H27ClO3/c1-3-31-28(30)22-15-19(2)14-21(16-22)24-10-7-11-25(24)26-17-23(29)12-13-27(26)32-18-20-8-5-4-6-9-20/h4-6,8-9,12-17H,3,7,10-11,18H2,1-2H3. The highest BCUT2D eigenvalue weighted by Gasteiger charge is 2.22. The van der Waals surface area contributed by atoms with Crippen LogP contribution in [-0.4, -0.2) is 12.6 Å². The maximum Gasteiger partial charge on any atom is 0.338 e. The third kappa shape index (κ3) is 5.05. The second-order valence-corrected chi connectivity index (χ2v) is 8.47. The summed E-state index contributed by atoms with van der Waals surface area (Å²) in [6.07, 6.45) is 2.95. The van der Waals surface area contributed by atoms with E-state index >= 15 is 0 Å². The number of ether oxygens (including phenoxy) is 2. The molecule has 0 heterocycles. The van der Waals surface area contributed by atoms with Crippen LogP contribution >= 0.6 is 11.6 Å². The van der Waals surface area contributed by atoms with E-state index in [1.807, 2.05) is 62.4 Å². The van der Waals surface area contributed by atoms with Crippen LogP contribution in [0.5, 0.6) is 5.75 Å². The third-order valence-corrected chi connectivity index (χ3v) is 5.89. The maximum atomic E-state index is 12.4. The lowest BCUT2D eigenvalue weighted by molar-refractivity contribution is 0.0526. The number of hydrogen-bond acceptors (Lipinski definition) is 3. The molecule has 0 amide bonds. The number of esters is 1. The molecule has 0 aromatic heterocycles. The van der Waals surface area contributed by atoms with Gasteiger partial charge in [-0.15, -0.1) is 0 Å². The molecule has 32 heavy (non-hydrogen) atoms. The largest absolute Gasteiger partial charge is 0.488 e. The Morgan fingerprint density at radius 3 is 2.53 bits per heavy atom. The SMILES string of the molecule is CCOC(=O)c1cc(C)cc(C2=C(c3cc(Cl)ccc3OCc3ccccc3)CCC2)c1. The Kier molecular flexibility index (Phi) is 6.96. The summed E-state index contributed by atoms with van der Waals surface area (Å²) in [7, 11) is 0. The van der Waals surface area contributed by atoms with E-state index < -0.39 is 0 Å². The number of benzene rings is 3.